The number of urea groups is 1. The summed E-state index contributed by atoms with van der Waals surface area (Å²) in [5.74, 6) is -0.138. The smallest absolute Gasteiger partial charge is 0.328 e. The Morgan fingerprint density at radius 3 is 2.88 bits per heavy atom. The number of nitrogens with one attached hydrogen (secondary N) is 1. The van der Waals surface area contributed by atoms with E-state index < -0.39 is 0 Å². The molecule has 1 aliphatic rings. The molecule has 0 radical (unpaired) electrons. The molecule has 84 valence electrons. The van der Waals surface area contributed by atoms with Gasteiger partial charge in [0.15, 0.2) is 0 Å². The number of carbonyl (C=O) groups is 2. The number of hydrogen-bond acceptors (Lipinski definition) is 2. The normalized spacial score (nSPS) is 16.9. The topological polar surface area (TPSA) is 49.4 Å². The molecule has 0 unspecified atom stereocenters. The van der Waals surface area contributed by atoms with E-state index in [4.69, 9.17) is 0 Å². The maximum absolute atomic E-state index is 11.8. The lowest BCUT2D eigenvalue weighted by Gasteiger charge is -2.18. The van der Waals surface area contributed by atoms with Gasteiger partial charge in [0.2, 0.25) is 5.91 Å². The first kappa shape index (κ1) is 10.7. The summed E-state index contributed by atoms with van der Waals surface area (Å²) in [5.41, 5.74) is 1.67. The van der Waals surface area contributed by atoms with Crippen LogP contribution in [0, 0.1) is 6.92 Å². The van der Waals surface area contributed by atoms with Crippen LogP contribution in [0.4, 0.5) is 10.5 Å². The second kappa shape index (κ2) is 4.35. The second-order valence-electron chi connectivity index (χ2n) is 3.90. The lowest BCUT2D eigenvalue weighted by Crippen LogP contribution is -2.41. The molecule has 16 heavy (non-hydrogen) atoms. The third kappa shape index (κ3) is 2.05. The van der Waals surface area contributed by atoms with Crippen LogP contribution in [0.2, 0.25) is 0 Å². The van der Waals surface area contributed by atoms with Crippen LogP contribution in [0.3, 0.4) is 0 Å². The van der Waals surface area contributed by atoms with Crippen molar-refractivity contribution >= 4 is 17.6 Å². The van der Waals surface area contributed by atoms with Crippen LogP contribution >= 0.6 is 0 Å². The van der Waals surface area contributed by atoms with Crippen molar-refractivity contribution in [3.8, 4) is 0 Å². The van der Waals surface area contributed by atoms with Gasteiger partial charge in [0.25, 0.3) is 0 Å². The molecule has 4 heteroatoms. The second-order valence-corrected chi connectivity index (χ2v) is 3.90. The van der Waals surface area contributed by atoms with Gasteiger partial charge in [0, 0.05) is 13.0 Å². The molecule has 0 aliphatic carbocycles. The van der Waals surface area contributed by atoms with E-state index in [1.54, 1.807) is 6.07 Å². The van der Waals surface area contributed by atoms with E-state index in [1.807, 2.05) is 25.1 Å². The molecule has 3 amide bonds. The van der Waals surface area contributed by atoms with E-state index >= 15 is 0 Å². The zero-order valence-electron chi connectivity index (χ0n) is 9.19. The highest BCUT2D eigenvalue weighted by Gasteiger charge is 2.25. The number of carbonyl (C=O) groups excluding carboxylic acids is 2. The van der Waals surface area contributed by atoms with Crippen molar-refractivity contribution < 1.29 is 9.59 Å². The maximum Gasteiger partial charge on any atom is 0.328 e. The van der Waals surface area contributed by atoms with Crippen molar-refractivity contribution in [1.29, 1.82) is 0 Å². The number of nitrogens with zero attached hydrogens (tertiary/aromatic N) is 1. The molecule has 1 aliphatic heterocycles. The van der Waals surface area contributed by atoms with Crippen LogP contribution in [0.5, 0.6) is 0 Å². The van der Waals surface area contributed by atoms with Gasteiger partial charge in [0.05, 0.1) is 5.69 Å². The van der Waals surface area contributed by atoms with E-state index in [2.05, 4.69) is 5.32 Å². The fraction of sp³-hybridized carbons (Fsp3) is 0.333. The first-order chi connectivity index (χ1) is 7.68. The van der Waals surface area contributed by atoms with E-state index in [9.17, 15) is 9.59 Å². The number of aryl methyl sites for hydroxylation is 1. The Labute approximate surface area is 94.2 Å². The van der Waals surface area contributed by atoms with E-state index in [-0.39, 0.29) is 11.9 Å². The number of anilines is 1. The maximum atomic E-state index is 11.8. The average Bonchev–Trinajstić information content (AvgIpc) is 2.40. The van der Waals surface area contributed by atoms with Crippen LogP contribution in [-0.2, 0) is 4.79 Å². The molecule has 2 rings (SSSR count). The summed E-state index contributed by atoms with van der Waals surface area (Å²) in [4.78, 5) is 24.8. The van der Waals surface area contributed by atoms with E-state index in [0.717, 1.165) is 5.56 Å². The zero-order valence-corrected chi connectivity index (χ0v) is 9.19. The summed E-state index contributed by atoms with van der Waals surface area (Å²) in [7, 11) is 0. The fourth-order valence-electron chi connectivity index (χ4n) is 1.77. The highest BCUT2D eigenvalue weighted by Crippen LogP contribution is 2.18. The van der Waals surface area contributed by atoms with Crippen LogP contribution in [0.25, 0.3) is 0 Å². The Morgan fingerprint density at radius 1 is 1.31 bits per heavy atom. The third-order valence-electron chi connectivity index (χ3n) is 2.56. The number of benzene rings is 1. The van der Waals surface area contributed by atoms with Crippen molar-refractivity contribution in [3.63, 3.8) is 0 Å². The number of amides is 3. The standard InChI is InChI=1S/C12H14N2O2/c1-9-4-2-5-10(8-9)14-11(15)6-3-7-13-12(14)16/h2,4-5,8H,3,6-7H2,1H3,(H,13,16). The summed E-state index contributed by atoms with van der Waals surface area (Å²) in [6.45, 7) is 2.50. The van der Waals surface area contributed by atoms with Crippen molar-refractivity contribution in [3.05, 3.63) is 29.8 Å². The summed E-state index contributed by atoms with van der Waals surface area (Å²) >= 11 is 0. The van der Waals surface area contributed by atoms with Crippen LogP contribution in [-0.4, -0.2) is 18.5 Å². The highest BCUT2D eigenvalue weighted by atomic mass is 16.2. The molecule has 0 aromatic heterocycles. The van der Waals surface area contributed by atoms with Crippen molar-refractivity contribution in [1.82, 2.24) is 5.32 Å². The Kier molecular flexibility index (Phi) is 2.90. The van der Waals surface area contributed by atoms with Gasteiger partial charge in [-0.1, -0.05) is 12.1 Å². The molecule has 1 aromatic carbocycles. The third-order valence-corrected chi connectivity index (χ3v) is 2.56. The van der Waals surface area contributed by atoms with Gasteiger partial charge in [-0.3, -0.25) is 4.79 Å². The quantitative estimate of drug-likeness (QED) is 0.781. The number of imide groups is 1. The van der Waals surface area contributed by atoms with Gasteiger partial charge in [-0.2, -0.15) is 0 Å². The summed E-state index contributed by atoms with van der Waals surface area (Å²) < 4.78 is 0. The van der Waals surface area contributed by atoms with Crippen LogP contribution < -0.4 is 10.2 Å². The molecule has 0 bridgehead atoms. The largest absolute Gasteiger partial charge is 0.337 e. The van der Waals surface area contributed by atoms with Gasteiger partial charge in [-0.05, 0) is 31.0 Å². The number of rotatable bonds is 1. The summed E-state index contributed by atoms with van der Waals surface area (Å²) in [6, 6.07) is 7.06. The van der Waals surface area contributed by atoms with Crippen LogP contribution in [0.1, 0.15) is 18.4 Å². The molecular weight excluding hydrogens is 204 g/mol. The van der Waals surface area contributed by atoms with Crippen molar-refractivity contribution in [2.45, 2.75) is 19.8 Å². The molecule has 0 saturated carbocycles. The van der Waals surface area contributed by atoms with Crippen molar-refractivity contribution in [2.24, 2.45) is 0 Å². The molecule has 0 spiro atoms. The molecule has 4 nitrogen and oxygen atoms in total. The Balaban J connectivity index is 2.36. The van der Waals surface area contributed by atoms with Gasteiger partial charge in [-0.15, -0.1) is 0 Å². The van der Waals surface area contributed by atoms with E-state index in [1.165, 1.54) is 4.90 Å². The van der Waals surface area contributed by atoms with Gasteiger partial charge < -0.3 is 5.32 Å². The Morgan fingerprint density at radius 2 is 2.12 bits per heavy atom. The van der Waals surface area contributed by atoms with Gasteiger partial charge in [-0.25, -0.2) is 9.69 Å². The van der Waals surface area contributed by atoms with Crippen molar-refractivity contribution in [2.75, 3.05) is 11.4 Å². The minimum absolute atomic E-state index is 0.138. The minimum Gasteiger partial charge on any atom is -0.337 e. The molecular formula is C12H14N2O2. The Hall–Kier alpha value is -1.84. The first-order valence-electron chi connectivity index (χ1n) is 5.36. The lowest BCUT2D eigenvalue weighted by atomic mass is 10.2. The molecule has 1 heterocycles. The zero-order chi connectivity index (χ0) is 11.5. The monoisotopic (exact) mass is 218 g/mol. The predicted octanol–water partition coefficient (Wildman–Crippen LogP) is 1.83. The summed E-state index contributed by atoms with van der Waals surface area (Å²) in [5, 5.41) is 2.71. The van der Waals surface area contributed by atoms with Crippen LogP contribution in [0.15, 0.2) is 24.3 Å². The van der Waals surface area contributed by atoms with E-state index in [0.29, 0.717) is 25.1 Å². The fourth-order valence-corrected chi connectivity index (χ4v) is 1.77. The average molecular weight is 218 g/mol. The predicted molar refractivity (Wildman–Crippen MR) is 61.3 cm³/mol. The molecule has 0 atom stereocenters. The molecule has 1 N–H and O–H groups in total. The molecule has 1 fully saturated rings. The highest BCUT2D eigenvalue weighted by molar-refractivity contribution is 6.14. The molecule has 1 aromatic rings. The van der Waals surface area contributed by atoms with Gasteiger partial charge in [0.1, 0.15) is 0 Å². The first-order valence-corrected chi connectivity index (χ1v) is 5.36. The number of hydrogen-bond donors (Lipinski definition) is 1. The summed E-state index contributed by atoms with van der Waals surface area (Å²) in [6.07, 6.45) is 1.11. The minimum atomic E-state index is -0.326. The van der Waals surface area contributed by atoms with Gasteiger partial charge >= 0.3 is 6.03 Å². The lowest BCUT2D eigenvalue weighted by molar-refractivity contribution is -0.117. The Bertz CT molecular complexity index is 411. The molecule has 1 saturated heterocycles. The SMILES string of the molecule is Cc1cccc(N2C(=O)CCCNC2=O)c1.